The van der Waals surface area contributed by atoms with Gasteiger partial charge in [-0.05, 0) is 17.5 Å². The van der Waals surface area contributed by atoms with Crippen LogP contribution in [0.4, 0.5) is 0 Å². The van der Waals surface area contributed by atoms with Crippen molar-refractivity contribution in [3.05, 3.63) is 34.4 Å². The van der Waals surface area contributed by atoms with E-state index in [9.17, 15) is 9.90 Å². The van der Waals surface area contributed by atoms with Gasteiger partial charge in [-0.3, -0.25) is 0 Å². The largest absolute Gasteiger partial charge is 0.497 e. The Labute approximate surface area is 115 Å². The summed E-state index contributed by atoms with van der Waals surface area (Å²) in [5, 5.41) is 19.2. The number of fused-ring (bicyclic) bond motifs is 1. The van der Waals surface area contributed by atoms with Crippen LogP contribution in [0.5, 0.6) is 11.5 Å². The maximum atomic E-state index is 12.0. The van der Waals surface area contributed by atoms with Crippen LogP contribution in [0.25, 0.3) is 10.8 Å². The van der Waals surface area contributed by atoms with E-state index in [0.717, 1.165) is 0 Å². The van der Waals surface area contributed by atoms with Gasteiger partial charge in [0.25, 0.3) is 0 Å². The number of benzene rings is 1. The van der Waals surface area contributed by atoms with Crippen molar-refractivity contribution in [3.63, 3.8) is 0 Å². The summed E-state index contributed by atoms with van der Waals surface area (Å²) in [6.45, 7) is -0.400. The first-order valence-electron chi connectivity index (χ1n) is 6.06. The van der Waals surface area contributed by atoms with Gasteiger partial charge in [-0.25, -0.2) is 4.79 Å². The number of rotatable bonds is 5. The zero-order valence-electron chi connectivity index (χ0n) is 11.3. The monoisotopic (exact) mass is 280 g/mol. The summed E-state index contributed by atoms with van der Waals surface area (Å²) in [6, 6.07) is 4.91. The minimum absolute atomic E-state index is 0.0568. The van der Waals surface area contributed by atoms with Gasteiger partial charge in [-0.1, -0.05) is 0 Å². The number of hydrogen-bond acceptors (Lipinski definition) is 6. The van der Waals surface area contributed by atoms with E-state index in [-0.39, 0.29) is 6.42 Å². The standard InChI is InChI=1S/C14H16O6/c1-18-10-3-8-4-11(5-9(16)7-15)20-14(17)13(8)12(6-10)19-2/h3-4,6,9,15-16H,5,7H2,1-2H3. The van der Waals surface area contributed by atoms with Gasteiger partial charge in [0.05, 0.1) is 26.9 Å². The Balaban J connectivity index is 2.61. The third kappa shape index (κ3) is 2.76. The van der Waals surface area contributed by atoms with E-state index in [2.05, 4.69) is 0 Å². The minimum atomic E-state index is -0.969. The Morgan fingerprint density at radius 3 is 2.60 bits per heavy atom. The van der Waals surface area contributed by atoms with E-state index in [1.165, 1.54) is 14.2 Å². The summed E-state index contributed by atoms with van der Waals surface area (Å²) >= 11 is 0. The second-order valence-corrected chi connectivity index (χ2v) is 4.33. The van der Waals surface area contributed by atoms with Crippen molar-refractivity contribution in [1.82, 2.24) is 0 Å². The van der Waals surface area contributed by atoms with E-state index in [4.69, 9.17) is 19.0 Å². The molecule has 1 aromatic heterocycles. The summed E-state index contributed by atoms with van der Waals surface area (Å²) in [5.74, 6) is 1.20. The minimum Gasteiger partial charge on any atom is -0.497 e. The van der Waals surface area contributed by atoms with Crippen LogP contribution in [0.2, 0.25) is 0 Å². The quantitative estimate of drug-likeness (QED) is 0.838. The Bertz CT molecular complexity index is 660. The second kappa shape index (κ2) is 5.94. The number of aliphatic hydroxyl groups excluding tert-OH is 2. The first-order chi connectivity index (χ1) is 9.58. The summed E-state index contributed by atoms with van der Waals surface area (Å²) < 4.78 is 15.4. The zero-order valence-corrected chi connectivity index (χ0v) is 11.3. The van der Waals surface area contributed by atoms with Gasteiger partial charge >= 0.3 is 5.63 Å². The molecule has 0 amide bonds. The highest BCUT2D eigenvalue weighted by Gasteiger charge is 2.14. The lowest BCUT2D eigenvalue weighted by Gasteiger charge is -2.10. The number of ether oxygens (including phenoxy) is 2. The molecule has 0 spiro atoms. The zero-order chi connectivity index (χ0) is 14.7. The van der Waals surface area contributed by atoms with E-state index in [1.807, 2.05) is 0 Å². The van der Waals surface area contributed by atoms with Gasteiger partial charge in [0.15, 0.2) is 0 Å². The van der Waals surface area contributed by atoms with Crippen LogP contribution in [-0.2, 0) is 6.42 Å². The molecule has 2 N–H and O–H groups in total. The fourth-order valence-corrected chi connectivity index (χ4v) is 1.99. The summed E-state index contributed by atoms with van der Waals surface area (Å²) in [5.41, 5.74) is -0.554. The van der Waals surface area contributed by atoms with E-state index >= 15 is 0 Å². The molecule has 108 valence electrons. The van der Waals surface area contributed by atoms with E-state index in [1.54, 1.807) is 18.2 Å². The predicted octanol–water partition coefficient (Wildman–Crippen LogP) is 0.706. The van der Waals surface area contributed by atoms with Gasteiger partial charge in [-0.15, -0.1) is 0 Å². The SMILES string of the molecule is COc1cc(OC)c2c(=O)oc(CC(O)CO)cc2c1. The molecule has 1 aromatic carbocycles. The highest BCUT2D eigenvalue weighted by Crippen LogP contribution is 2.29. The topological polar surface area (TPSA) is 89.1 Å². The van der Waals surface area contributed by atoms with Gasteiger partial charge in [0.1, 0.15) is 22.6 Å². The van der Waals surface area contributed by atoms with Crippen molar-refractivity contribution in [2.45, 2.75) is 12.5 Å². The maximum Gasteiger partial charge on any atom is 0.347 e. The molecule has 0 bridgehead atoms. The Morgan fingerprint density at radius 2 is 2.00 bits per heavy atom. The molecule has 6 heteroatoms. The van der Waals surface area contributed by atoms with E-state index < -0.39 is 18.3 Å². The Hall–Kier alpha value is -2.05. The molecule has 0 aliphatic carbocycles. The molecular weight excluding hydrogens is 264 g/mol. The molecule has 2 aromatic rings. The van der Waals surface area contributed by atoms with Crippen molar-refractivity contribution < 1.29 is 24.1 Å². The van der Waals surface area contributed by atoms with Crippen molar-refractivity contribution in [2.75, 3.05) is 20.8 Å². The smallest absolute Gasteiger partial charge is 0.347 e. The molecule has 0 saturated heterocycles. The van der Waals surface area contributed by atoms with Crippen LogP contribution in [0.15, 0.2) is 27.4 Å². The average Bonchev–Trinajstić information content (AvgIpc) is 2.45. The lowest BCUT2D eigenvalue weighted by molar-refractivity contribution is 0.0905. The lowest BCUT2D eigenvalue weighted by Crippen LogP contribution is -2.16. The molecular formula is C14H16O6. The molecule has 6 nitrogen and oxygen atoms in total. The fourth-order valence-electron chi connectivity index (χ4n) is 1.99. The summed E-state index contributed by atoms with van der Waals surface area (Å²) in [6.07, 6.45) is -0.913. The summed E-state index contributed by atoms with van der Waals surface area (Å²) in [4.78, 5) is 12.0. The number of aliphatic hydroxyl groups is 2. The fraction of sp³-hybridized carbons (Fsp3) is 0.357. The first-order valence-corrected chi connectivity index (χ1v) is 6.06. The first kappa shape index (κ1) is 14.4. The highest BCUT2D eigenvalue weighted by atomic mass is 16.5. The Morgan fingerprint density at radius 1 is 1.25 bits per heavy atom. The van der Waals surface area contributed by atoms with Crippen LogP contribution < -0.4 is 15.1 Å². The van der Waals surface area contributed by atoms with Gasteiger partial charge < -0.3 is 24.1 Å². The van der Waals surface area contributed by atoms with Crippen molar-refractivity contribution in [3.8, 4) is 11.5 Å². The third-order valence-electron chi connectivity index (χ3n) is 2.95. The van der Waals surface area contributed by atoms with Crippen LogP contribution in [-0.4, -0.2) is 37.1 Å². The summed E-state index contributed by atoms with van der Waals surface area (Å²) in [7, 11) is 2.97. The molecule has 0 aliphatic rings. The molecule has 20 heavy (non-hydrogen) atoms. The van der Waals surface area contributed by atoms with Crippen LogP contribution in [0.1, 0.15) is 5.76 Å². The normalized spacial score (nSPS) is 12.4. The predicted molar refractivity (Wildman–Crippen MR) is 72.4 cm³/mol. The van der Waals surface area contributed by atoms with E-state index in [0.29, 0.717) is 28.0 Å². The van der Waals surface area contributed by atoms with Crippen LogP contribution in [0, 0.1) is 0 Å². The molecule has 0 fully saturated rings. The molecule has 1 atom stereocenters. The van der Waals surface area contributed by atoms with Gasteiger partial charge in [0.2, 0.25) is 0 Å². The molecule has 0 aliphatic heterocycles. The second-order valence-electron chi connectivity index (χ2n) is 4.33. The Kier molecular flexibility index (Phi) is 4.26. The lowest BCUT2D eigenvalue weighted by atomic mass is 10.1. The average molecular weight is 280 g/mol. The van der Waals surface area contributed by atoms with Crippen LogP contribution >= 0.6 is 0 Å². The van der Waals surface area contributed by atoms with Crippen molar-refractivity contribution in [2.24, 2.45) is 0 Å². The molecule has 1 heterocycles. The molecule has 1 unspecified atom stereocenters. The van der Waals surface area contributed by atoms with Gasteiger partial charge in [0, 0.05) is 12.5 Å². The van der Waals surface area contributed by atoms with Crippen molar-refractivity contribution in [1.29, 1.82) is 0 Å². The van der Waals surface area contributed by atoms with Crippen molar-refractivity contribution >= 4 is 10.8 Å². The third-order valence-corrected chi connectivity index (χ3v) is 2.95. The number of hydrogen-bond donors (Lipinski definition) is 2. The molecule has 2 rings (SSSR count). The van der Waals surface area contributed by atoms with Crippen LogP contribution in [0.3, 0.4) is 0 Å². The number of methoxy groups -OCH3 is 2. The highest BCUT2D eigenvalue weighted by molar-refractivity contribution is 5.88. The molecule has 0 saturated carbocycles. The van der Waals surface area contributed by atoms with Gasteiger partial charge in [-0.2, -0.15) is 0 Å². The maximum absolute atomic E-state index is 12.0. The molecule has 0 radical (unpaired) electrons.